The van der Waals surface area contributed by atoms with E-state index in [1.54, 1.807) is 16.7 Å². The number of unbranched alkanes of at least 4 members (excludes halogenated alkanes) is 3. The minimum atomic E-state index is 0.551. The number of hydrogen-bond donors (Lipinski definition) is 0. The molecule has 4 rings (SSSR count). The average molecular weight is 383 g/mol. The van der Waals surface area contributed by atoms with Crippen LogP contribution in [0.3, 0.4) is 0 Å². The molecule has 156 valence electrons. The molecule has 1 nitrogen and oxygen atoms in total. The molecule has 28 heavy (non-hydrogen) atoms. The first-order valence-corrected chi connectivity index (χ1v) is 12.4. The number of benzene rings is 1. The van der Waals surface area contributed by atoms with Crippen molar-refractivity contribution in [3.63, 3.8) is 0 Å². The van der Waals surface area contributed by atoms with Crippen molar-refractivity contribution >= 4 is 0 Å². The summed E-state index contributed by atoms with van der Waals surface area (Å²) in [6.45, 7) is 2.30. The molecule has 0 aromatic heterocycles. The van der Waals surface area contributed by atoms with Crippen LogP contribution in [0.5, 0.6) is 0 Å². The van der Waals surface area contributed by atoms with Crippen molar-refractivity contribution in [1.82, 2.24) is 0 Å². The Labute approximate surface area is 173 Å². The van der Waals surface area contributed by atoms with Crippen molar-refractivity contribution in [1.29, 1.82) is 0 Å². The molecule has 1 heteroatoms. The fourth-order valence-corrected chi connectivity index (χ4v) is 6.67. The fourth-order valence-electron chi connectivity index (χ4n) is 6.67. The third-order valence-electron chi connectivity index (χ3n) is 8.46. The molecule has 1 aromatic rings. The summed E-state index contributed by atoms with van der Waals surface area (Å²) in [4.78, 5) is 0. The molecule has 0 bridgehead atoms. The van der Waals surface area contributed by atoms with Crippen LogP contribution in [-0.2, 0) is 24.0 Å². The Hall–Kier alpha value is -0.820. The quantitative estimate of drug-likeness (QED) is 0.455. The molecule has 2 saturated carbocycles. The number of ether oxygens (including phenoxy) is 1. The number of fused-ring (bicyclic) bond motifs is 2. The molecular formula is C27H42O. The van der Waals surface area contributed by atoms with Crippen molar-refractivity contribution in [2.45, 2.75) is 103 Å². The lowest BCUT2D eigenvalue weighted by Gasteiger charge is -2.44. The lowest BCUT2D eigenvalue weighted by Crippen LogP contribution is -2.36. The Morgan fingerprint density at radius 1 is 0.821 bits per heavy atom. The van der Waals surface area contributed by atoms with Gasteiger partial charge in [0.25, 0.3) is 0 Å². The summed E-state index contributed by atoms with van der Waals surface area (Å²) in [6, 6.07) is 7.49. The number of methoxy groups -OCH3 is 1. The van der Waals surface area contributed by atoms with Gasteiger partial charge in [0.05, 0.1) is 6.10 Å². The van der Waals surface area contributed by atoms with Gasteiger partial charge in [-0.25, -0.2) is 0 Å². The second-order valence-corrected chi connectivity index (χ2v) is 10.2. The molecule has 0 aliphatic heterocycles. The van der Waals surface area contributed by atoms with Gasteiger partial charge in [-0.3, -0.25) is 0 Å². The third kappa shape index (κ3) is 4.84. The summed E-state index contributed by atoms with van der Waals surface area (Å²) < 4.78 is 5.67. The molecule has 1 aromatic carbocycles. The van der Waals surface area contributed by atoms with E-state index in [0.717, 1.165) is 23.7 Å². The number of aryl methyl sites for hydroxylation is 2. The van der Waals surface area contributed by atoms with Crippen LogP contribution < -0.4 is 0 Å². The zero-order chi connectivity index (χ0) is 19.3. The molecule has 3 aliphatic rings. The van der Waals surface area contributed by atoms with Crippen LogP contribution in [0.4, 0.5) is 0 Å². The SMILES string of the molecule is CCCCCCc1ccc2c(c1)CCC(C1CCC3C[C@H](OC)CC[C@@H]3C1)C2. The van der Waals surface area contributed by atoms with Crippen LogP contribution in [0, 0.1) is 23.7 Å². The Kier molecular flexibility index (Phi) is 7.15. The van der Waals surface area contributed by atoms with Crippen LogP contribution >= 0.6 is 0 Å². The van der Waals surface area contributed by atoms with E-state index in [0.29, 0.717) is 6.10 Å². The highest BCUT2D eigenvalue weighted by molar-refractivity contribution is 5.34. The summed E-state index contributed by atoms with van der Waals surface area (Å²) in [7, 11) is 1.91. The van der Waals surface area contributed by atoms with Gasteiger partial charge in [0.1, 0.15) is 0 Å². The molecule has 0 N–H and O–H groups in total. The van der Waals surface area contributed by atoms with Crippen molar-refractivity contribution in [3.05, 3.63) is 34.9 Å². The summed E-state index contributed by atoms with van der Waals surface area (Å²) >= 11 is 0. The standard InChI is InChI=1S/C27H42O/c1-3-4-5-6-7-20-8-9-22-17-23(11-10-21(22)16-20)24-12-13-26-19-27(28-2)15-14-25(26)18-24/h8-9,16,23-27H,3-7,10-15,17-19H2,1-2H3/t23?,24?,25-,26?,27-/m1/s1. The van der Waals surface area contributed by atoms with Crippen LogP contribution in [-0.4, -0.2) is 13.2 Å². The molecular weight excluding hydrogens is 340 g/mol. The van der Waals surface area contributed by atoms with Crippen LogP contribution in [0.2, 0.25) is 0 Å². The second-order valence-electron chi connectivity index (χ2n) is 10.2. The van der Waals surface area contributed by atoms with E-state index in [9.17, 15) is 0 Å². The van der Waals surface area contributed by atoms with Gasteiger partial charge in [0, 0.05) is 7.11 Å². The smallest absolute Gasteiger partial charge is 0.0574 e. The summed E-state index contributed by atoms with van der Waals surface area (Å²) in [6.07, 6.45) is 20.0. The highest BCUT2D eigenvalue weighted by Crippen LogP contribution is 2.47. The molecule has 0 amide bonds. The molecule has 2 fully saturated rings. The van der Waals surface area contributed by atoms with Crippen LogP contribution in [0.15, 0.2) is 18.2 Å². The first-order valence-electron chi connectivity index (χ1n) is 12.4. The summed E-state index contributed by atoms with van der Waals surface area (Å²) in [5, 5.41) is 0. The topological polar surface area (TPSA) is 9.23 Å². The van der Waals surface area contributed by atoms with E-state index in [4.69, 9.17) is 4.74 Å². The van der Waals surface area contributed by atoms with Crippen molar-refractivity contribution in [2.24, 2.45) is 23.7 Å². The third-order valence-corrected chi connectivity index (χ3v) is 8.46. The predicted octanol–water partition coefficient (Wildman–Crippen LogP) is 7.15. The van der Waals surface area contributed by atoms with E-state index in [1.165, 1.54) is 89.9 Å². The lowest BCUT2D eigenvalue weighted by molar-refractivity contribution is -0.000899. The summed E-state index contributed by atoms with van der Waals surface area (Å²) in [5.41, 5.74) is 4.95. The Bertz CT molecular complexity index is 621. The molecule has 5 atom stereocenters. The van der Waals surface area contributed by atoms with Crippen LogP contribution in [0.25, 0.3) is 0 Å². The largest absolute Gasteiger partial charge is 0.381 e. The van der Waals surface area contributed by atoms with Gasteiger partial charge in [-0.15, -0.1) is 0 Å². The first-order chi connectivity index (χ1) is 13.8. The lowest BCUT2D eigenvalue weighted by atomic mass is 9.62. The normalized spacial score (nSPS) is 32.6. The highest BCUT2D eigenvalue weighted by Gasteiger charge is 2.38. The Morgan fingerprint density at radius 3 is 2.43 bits per heavy atom. The van der Waals surface area contributed by atoms with Crippen LogP contribution in [0.1, 0.15) is 94.2 Å². The maximum Gasteiger partial charge on any atom is 0.0574 e. The van der Waals surface area contributed by atoms with Gasteiger partial charge < -0.3 is 4.74 Å². The molecule has 0 heterocycles. The minimum Gasteiger partial charge on any atom is -0.381 e. The maximum atomic E-state index is 5.67. The average Bonchev–Trinajstić information content (AvgIpc) is 2.75. The Morgan fingerprint density at radius 2 is 1.61 bits per heavy atom. The van der Waals surface area contributed by atoms with Gasteiger partial charge in [-0.2, -0.15) is 0 Å². The van der Waals surface area contributed by atoms with Gasteiger partial charge in [-0.1, -0.05) is 44.4 Å². The molecule has 3 unspecified atom stereocenters. The second kappa shape index (κ2) is 9.79. The maximum absolute atomic E-state index is 5.67. The van der Waals surface area contributed by atoms with Gasteiger partial charge >= 0.3 is 0 Å². The zero-order valence-electron chi connectivity index (χ0n) is 18.4. The zero-order valence-corrected chi connectivity index (χ0v) is 18.4. The minimum absolute atomic E-state index is 0.551. The van der Waals surface area contributed by atoms with E-state index in [-0.39, 0.29) is 0 Å². The number of rotatable bonds is 7. The monoisotopic (exact) mass is 382 g/mol. The van der Waals surface area contributed by atoms with E-state index >= 15 is 0 Å². The molecule has 3 aliphatic carbocycles. The first kappa shape index (κ1) is 20.5. The molecule has 0 radical (unpaired) electrons. The van der Waals surface area contributed by atoms with Gasteiger partial charge in [0.15, 0.2) is 0 Å². The highest BCUT2D eigenvalue weighted by atomic mass is 16.5. The van der Waals surface area contributed by atoms with E-state index < -0.39 is 0 Å². The Balaban J connectivity index is 1.31. The van der Waals surface area contributed by atoms with Crippen molar-refractivity contribution in [2.75, 3.05) is 7.11 Å². The van der Waals surface area contributed by atoms with Gasteiger partial charge in [0.2, 0.25) is 0 Å². The predicted molar refractivity (Wildman–Crippen MR) is 119 cm³/mol. The molecule has 0 spiro atoms. The fraction of sp³-hybridized carbons (Fsp3) is 0.778. The van der Waals surface area contributed by atoms with E-state index in [1.807, 2.05) is 7.11 Å². The number of hydrogen-bond acceptors (Lipinski definition) is 1. The molecule has 0 saturated heterocycles. The van der Waals surface area contributed by atoms with E-state index in [2.05, 4.69) is 25.1 Å². The van der Waals surface area contributed by atoms with Crippen molar-refractivity contribution in [3.8, 4) is 0 Å². The summed E-state index contributed by atoms with van der Waals surface area (Å²) in [5.74, 6) is 3.89. The van der Waals surface area contributed by atoms with Gasteiger partial charge in [-0.05, 0) is 111 Å². The van der Waals surface area contributed by atoms with Crippen molar-refractivity contribution < 1.29 is 4.74 Å².